The maximum absolute atomic E-state index is 12.6. The fourth-order valence-electron chi connectivity index (χ4n) is 1.97. The molecule has 0 aliphatic heterocycles. The van der Waals surface area contributed by atoms with Gasteiger partial charge in [0.05, 0.1) is 5.56 Å². The van der Waals surface area contributed by atoms with Gasteiger partial charge >= 0.3 is 6.18 Å². The number of carbonyl (C=O) groups excluding carboxylic acids is 1. The number of aromatic nitrogens is 2. The van der Waals surface area contributed by atoms with E-state index in [0.717, 1.165) is 6.07 Å². The molecule has 142 valence electrons. The molecule has 2 aromatic rings. The minimum Gasteiger partial charge on any atom is -0.359 e. The molecule has 0 saturated heterocycles. The van der Waals surface area contributed by atoms with E-state index in [2.05, 4.69) is 20.8 Å². The second-order valence-electron chi connectivity index (χ2n) is 7.46. The highest BCUT2D eigenvalue weighted by atomic mass is 19.4. The summed E-state index contributed by atoms with van der Waals surface area (Å²) in [6.45, 7) is 8.99. The molecule has 0 spiro atoms. The molecule has 0 unspecified atom stereocenters. The van der Waals surface area contributed by atoms with E-state index in [1.807, 2.05) is 20.8 Å². The zero-order chi connectivity index (χ0) is 19.8. The van der Waals surface area contributed by atoms with Crippen molar-refractivity contribution in [2.75, 3.05) is 10.6 Å². The first-order chi connectivity index (χ1) is 11.8. The van der Waals surface area contributed by atoms with Crippen LogP contribution in [0.5, 0.6) is 0 Å². The van der Waals surface area contributed by atoms with Gasteiger partial charge in [0.2, 0.25) is 0 Å². The average molecular weight is 370 g/mol. The van der Waals surface area contributed by atoms with Gasteiger partial charge < -0.3 is 15.2 Å². The second-order valence-corrected chi connectivity index (χ2v) is 7.46. The first-order valence-electron chi connectivity index (χ1n) is 7.89. The van der Waals surface area contributed by atoms with Crippen molar-refractivity contribution in [2.45, 2.75) is 51.7 Å². The molecule has 2 rings (SSSR count). The number of carbonyl (C=O) groups is 1. The Bertz CT molecular complexity index is 775. The molecule has 9 heteroatoms. The van der Waals surface area contributed by atoms with E-state index in [1.165, 1.54) is 6.07 Å². The lowest BCUT2D eigenvalue weighted by molar-refractivity contribution is -0.137. The maximum atomic E-state index is 12.6. The summed E-state index contributed by atoms with van der Waals surface area (Å²) in [5.41, 5.74) is -2.26. The highest BCUT2D eigenvalue weighted by molar-refractivity contribution is 5.98. The van der Waals surface area contributed by atoms with E-state index in [4.69, 9.17) is 4.52 Å². The van der Waals surface area contributed by atoms with Crippen LogP contribution in [0.2, 0.25) is 0 Å². The second kappa shape index (κ2) is 6.62. The van der Waals surface area contributed by atoms with Crippen LogP contribution in [0.25, 0.3) is 0 Å². The van der Waals surface area contributed by atoms with Gasteiger partial charge in [0.25, 0.3) is 5.91 Å². The summed E-state index contributed by atoms with van der Waals surface area (Å²) in [4.78, 5) is 16.2. The Labute approximate surface area is 149 Å². The molecule has 0 fully saturated rings. The molecule has 0 aliphatic carbocycles. The van der Waals surface area contributed by atoms with Crippen molar-refractivity contribution in [1.82, 2.24) is 10.1 Å². The summed E-state index contributed by atoms with van der Waals surface area (Å²) in [5.74, 6) is 0.583. The molecule has 0 saturated carbocycles. The summed E-state index contributed by atoms with van der Waals surface area (Å²) < 4.78 is 42.9. The molecule has 26 heavy (non-hydrogen) atoms. The highest BCUT2D eigenvalue weighted by Crippen LogP contribution is 2.29. The van der Waals surface area contributed by atoms with E-state index in [-0.39, 0.29) is 17.1 Å². The van der Waals surface area contributed by atoms with Crippen LogP contribution in [0.15, 0.2) is 28.9 Å². The summed E-state index contributed by atoms with van der Waals surface area (Å²) >= 11 is 0. The smallest absolute Gasteiger partial charge is 0.359 e. The third-order valence-corrected chi connectivity index (χ3v) is 3.59. The Morgan fingerprint density at radius 1 is 1.08 bits per heavy atom. The monoisotopic (exact) mass is 370 g/mol. The number of amides is 1. The molecule has 0 radical (unpaired) electrons. The van der Waals surface area contributed by atoms with Gasteiger partial charge in [-0.15, -0.1) is 0 Å². The molecule has 0 aromatic carbocycles. The van der Waals surface area contributed by atoms with E-state index in [0.29, 0.717) is 12.0 Å². The van der Waals surface area contributed by atoms with Crippen LogP contribution in [0.1, 0.15) is 45.9 Å². The fraction of sp³-hybridized carbons (Fsp3) is 0.471. The van der Waals surface area contributed by atoms with Crippen LogP contribution in [0, 0.1) is 0 Å². The van der Waals surface area contributed by atoms with Gasteiger partial charge in [0.15, 0.2) is 5.82 Å². The summed E-state index contributed by atoms with van der Waals surface area (Å²) in [6, 6.07) is 3.70. The summed E-state index contributed by atoms with van der Waals surface area (Å²) in [6.07, 6.45) is -3.75. The van der Waals surface area contributed by atoms with E-state index in [1.54, 1.807) is 19.9 Å². The van der Waals surface area contributed by atoms with Gasteiger partial charge in [-0.2, -0.15) is 13.2 Å². The Kier molecular flexibility index (Phi) is 5.03. The Hall–Kier alpha value is -2.58. The zero-order valence-corrected chi connectivity index (χ0v) is 15.2. The highest BCUT2D eigenvalue weighted by Gasteiger charge is 2.32. The molecule has 1 amide bonds. The summed E-state index contributed by atoms with van der Waals surface area (Å²) in [5, 5.41) is 9.23. The lowest BCUT2D eigenvalue weighted by Crippen LogP contribution is -2.44. The summed E-state index contributed by atoms with van der Waals surface area (Å²) in [7, 11) is 0. The van der Waals surface area contributed by atoms with Crippen LogP contribution >= 0.6 is 0 Å². The van der Waals surface area contributed by atoms with Crippen molar-refractivity contribution in [3.8, 4) is 0 Å². The van der Waals surface area contributed by atoms with E-state index in [9.17, 15) is 18.0 Å². The van der Waals surface area contributed by atoms with Gasteiger partial charge in [0, 0.05) is 17.7 Å². The topological polar surface area (TPSA) is 80.0 Å². The van der Waals surface area contributed by atoms with Gasteiger partial charge in [-0.25, -0.2) is 4.98 Å². The van der Waals surface area contributed by atoms with Crippen molar-refractivity contribution >= 4 is 17.5 Å². The molecular formula is C17H21F3N4O2. The Morgan fingerprint density at radius 3 is 2.19 bits per heavy atom. The van der Waals surface area contributed by atoms with Crippen LogP contribution in [0.4, 0.5) is 24.8 Å². The van der Waals surface area contributed by atoms with E-state index >= 15 is 0 Å². The molecule has 2 aromatic heterocycles. The quantitative estimate of drug-likeness (QED) is 0.843. The predicted molar refractivity (Wildman–Crippen MR) is 90.8 cm³/mol. The zero-order valence-electron chi connectivity index (χ0n) is 15.2. The standard InChI is InChI=1S/C17H21F3N4O2/c1-15(2,3)11-8-13(24-26-11)22-14(25)16(4,5)23-12-7-6-10(9-21-12)17(18,19)20/h6-9H,1-5H3,(H,21,23)(H,22,24,25). The number of alkyl halides is 3. The molecule has 0 bridgehead atoms. The van der Waals surface area contributed by atoms with Crippen molar-refractivity contribution in [3.63, 3.8) is 0 Å². The van der Waals surface area contributed by atoms with Crippen LogP contribution in [-0.4, -0.2) is 21.6 Å². The van der Waals surface area contributed by atoms with Crippen molar-refractivity contribution in [3.05, 3.63) is 35.7 Å². The minimum absolute atomic E-state index is 0.147. The largest absolute Gasteiger partial charge is 0.417 e. The van der Waals surface area contributed by atoms with Crippen LogP contribution in [-0.2, 0) is 16.4 Å². The predicted octanol–water partition coefficient (Wildman–Crippen LogP) is 4.22. The maximum Gasteiger partial charge on any atom is 0.417 e. The van der Waals surface area contributed by atoms with Gasteiger partial charge in [0.1, 0.15) is 17.1 Å². The fourth-order valence-corrected chi connectivity index (χ4v) is 1.97. The normalized spacial score (nSPS) is 12.8. The molecular weight excluding hydrogens is 349 g/mol. The lowest BCUT2D eigenvalue weighted by Gasteiger charge is -2.25. The molecule has 0 atom stereocenters. The number of hydrogen-bond donors (Lipinski definition) is 2. The molecule has 2 heterocycles. The van der Waals surface area contributed by atoms with Gasteiger partial charge in [-0.05, 0) is 26.0 Å². The first kappa shape index (κ1) is 19.7. The number of nitrogens with zero attached hydrogens (tertiary/aromatic N) is 2. The molecule has 2 N–H and O–H groups in total. The van der Waals surface area contributed by atoms with Crippen molar-refractivity contribution in [1.29, 1.82) is 0 Å². The number of rotatable bonds is 4. The van der Waals surface area contributed by atoms with Gasteiger partial charge in [-0.1, -0.05) is 25.9 Å². The third kappa shape index (κ3) is 4.74. The Balaban J connectivity index is 2.07. The lowest BCUT2D eigenvalue weighted by atomic mass is 9.93. The number of halogens is 3. The Morgan fingerprint density at radius 2 is 1.73 bits per heavy atom. The average Bonchev–Trinajstić information content (AvgIpc) is 2.95. The number of nitrogens with one attached hydrogen (secondary N) is 2. The van der Waals surface area contributed by atoms with Crippen LogP contribution in [0.3, 0.4) is 0 Å². The molecule has 0 aliphatic rings. The number of pyridine rings is 1. The third-order valence-electron chi connectivity index (χ3n) is 3.59. The van der Waals surface area contributed by atoms with Crippen molar-refractivity contribution < 1.29 is 22.5 Å². The van der Waals surface area contributed by atoms with Crippen LogP contribution < -0.4 is 10.6 Å². The SMILES string of the molecule is CC(C)(Nc1ccc(C(F)(F)F)cn1)C(=O)Nc1cc(C(C)(C)C)on1. The van der Waals surface area contributed by atoms with Gasteiger partial charge in [-0.3, -0.25) is 4.79 Å². The van der Waals surface area contributed by atoms with Crippen molar-refractivity contribution in [2.24, 2.45) is 0 Å². The first-order valence-corrected chi connectivity index (χ1v) is 7.89. The van der Waals surface area contributed by atoms with E-state index < -0.39 is 23.2 Å². The number of hydrogen-bond acceptors (Lipinski definition) is 5. The minimum atomic E-state index is -4.46. The molecule has 6 nitrogen and oxygen atoms in total. The number of anilines is 2.